The third-order valence-corrected chi connectivity index (χ3v) is 4.70. The summed E-state index contributed by atoms with van der Waals surface area (Å²) >= 11 is 0. The van der Waals surface area contributed by atoms with E-state index in [2.05, 4.69) is 24.1 Å². The van der Waals surface area contributed by atoms with Crippen molar-refractivity contribution < 1.29 is 9.18 Å². The molecule has 0 saturated heterocycles. The van der Waals surface area contributed by atoms with Crippen LogP contribution in [0.5, 0.6) is 0 Å². The lowest BCUT2D eigenvalue weighted by atomic mass is 9.96. The van der Waals surface area contributed by atoms with Crippen molar-refractivity contribution in [1.82, 2.24) is 0 Å². The fourth-order valence-electron chi connectivity index (χ4n) is 3.33. The lowest BCUT2D eigenvalue weighted by Gasteiger charge is -2.36. The van der Waals surface area contributed by atoms with Gasteiger partial charge in [-0.1, -0.05) is 25.1 Å². The lowest BCUT2D eigenvalue weighted by Crippen LogP contribution is -2.42. The van der Waals surface area contributed by atoms with Crippen molar-refractivity contribution in [2.45, 2.75) is 39.2 Å². The van der Waals surface area contributed by atoms with Gasteiger partial charge in [-0.2, -0.15) is 0 Å². The Labute approximate surface area is 142 Å². The molecule has 1 aliphatic heterocycles. The molecular formula is C20H23FN2O. The number of para-hydroxylation sites is 1. The maximum absolute atomic E-state index is 13.5. The summed E-state index contributed by atoms with van der Waals surface area (Å²) in [5, 5.41) is 3.02. The summed E-state index contributed by atoms with van der Waals surface area (Å²) in [5.41, 5.74) is 3.94. The Bertz CT molecular complexity index is 744. The highest BCUT2D eigenvalue weighted by molar-refractivity contribution is 5.95. The van der Waals surface area contributed by atoms with Crippen LogP contribution in [0.15, 0.2) is 42.5 Å². The number of fused-ring (bicyclic) bond motifs is 1. The molecule has 1 amide bonds. The van der Waals surface area contributed by atoms with Crippen molar-refractivity contribution >= 4 is 17.3 Å². The van der Waals surface area contributed by atoms with E-state index in [4.69, 9.17) is 0 Å². The summed E-state index contributed by atoms with van der Waals surface area (Å²) in [6.45, 7) is 4.46. The highest BCUT2D eigenvalue weighted by Crippen LogP contribution is 2.31. The van der Waals surface area contributed by atoms with Crippen molar-refractivity contribution in [3.63, 3.8) is 0 Å². The Kier molecular flexibility index (Phi) is 4.84. The van der Waals surface area contributed by atoms with Crippen molar-refractivity contribution in [1.29, 1.82) is 0 Å². The molecule has 1 aliphatic rings. The summed E-state index contributed by atoms with van der Waals surface area (Å²) in [6.07, 6.45) is 2.65. The second-order valence-electron chi connectivity index (χ2n) is 6.35. The van der Waals surface area contributed by atoms with Gasteiger partial charge in [0.05, 0.1) is 6.54 Å². The van der Waals surface area contributed by atoms with Gasteiger partial charge in [0.1, 0.15) is 5.82 Å². The van der Waals surface area contributed by atoms with Gasteiger partial charge in [-0.3, -0.25) is 4.79 Å². The number of amides is 1. The van der Waals surface area contributed by atoms with E-state index in [1.54, 1.807) is 12.1 Å². The molecule has 2 aromatic carbocycles. The first-order valence-electron chi connectivity index (χ1n) is 8.51. The van der Waals surface area contributed by atoms with Gasteiger partial charge in [-0.05, 0) is 61.6 Å². The fourth-order valence-corrected chi connectivity index (χ4v) is 3.33. The maximum Gasteiger partial charge on any atom is 0.243 e. The Morgan fingerprint density at radius 2 is 2.08 bits per heavy atom. The molecule has 1 heterocycles. The minimum atomic E-state index is -0.218. The molecule has 0 saturated carbocycles. The standard InChI is InChI=1S/C20H23FN2O/c1-3-15-6-4-5-7-18(15)22-20(24)13-23-14(2)8-9-16-12-17(21)10-11-19(16)23/h4-7,10-12,14H,3,8-9,13H2,1-2H3,(H,22,24). The minimum Gasteiger partial charge on any atom is -0.359 e. The number of carbonyl (C=O) groups is 1. The Morgan fingerprint density at radius 3 is 2.88 bits per heavy atom. The molecule has 3 nitrogen and oxygen atoms in total. The summed E-state index contributed by atoms with van der Waals surface area (Å²) < 4.78 is 13.5. The van der Waals surface area contributed by atoms with Crippen LogP contribution in [0.2, 0.25) is 0 Å². The SMILES string of the molecule is CCc1ccccc1NC(=O)CN1c2ccc(F)cc2CCC1C. The minimum absolute atomic E-state index is 0.0417. The number of nitrogens with zero attached hydrogens (tertiary/aromatic N) is 1. The fraction of sp³-hybridized carbons (Fsp3) is 0.350. The normalized spacial score (nSPS) is 16.6. The molecule has 0 aliphatic carbocycles. The Balaban J connectivity index is 1.77. The summed E-state index contributed by atoms with van der Waals surface area (Å²) in [5.74, 6) is -0.260. The van der Waals surface area contributed by atoms with Gasteiger partial charge in [0.15, 0.2) is 0 Å². The van der Waals surface area contributed by atoms with Crippen LogP contribution in [0.3, 0.4) is 0 Å². The number of halogens is 1. The van der Waals surface area contributed by atoms with E-state index < -0.39 is 0 Å². The zero-order chi connectivity index (χ0) is 17.1. The predicted molar refractivity (Wildman–Crippen MR) is 96.0 cm³/mol. The first-order valence-corrected chi connectivity index (χ1v) is 8.51. The third-order valence-electron chi connectivity index (χ3n) is 4.70. The molecule has 0 spiro atoms. The van der Waals surface area contributed by atoms with Gasteiger partial charge in [0.2, 0.25) is 5.91 Å². The van der Waals surface area contributed by atoms with E-state index in [1.165, 1.54) is 6.07 Å². The average Bonchev–Trinajstić information content (AvgIpc) is 2.58. The van der Waals surface area contributed by atoms with Crippen LogP contribution in [0.4, 0.5) is 15.8 Å². The second-order valence-corrected chi connectivity index (χ2v) is 6.35. The Morgan fingerprint density at radius 1 is 1.29 bits per heavy atom. The van der Waals surface area contributed by atoms with Crippen LogP contribution in [0.1, 0.15) is 31.4 Å². The number of nitrogens with one attached hydrogen (secondary N) is 1. The molecule has 4 heteroatoms. The quantitative estimate of drug-likeness (QED) is 0.914. The molecule has 0 bridgehead atoms. The summed E-state index contributed by atoms with van der Waals surface area (Å²) in [4.78, 5) is 14.6. The summed E-state index contributed by atoms with van der Waals surface area (Å²) in [6, 6.07) is 13.0. The van der Waals surface area contributed by atoms with Crippen molar-refractivity contribution in [3.05, 3.63) is 59.4 Å². The smallest absolute Gasteiger partial charge is 0.243 e. The van der Waals surface area contributed by atoms with Gasteiger partial charge in [0, 0.05) is 17.4 Å². The lowest BCUT2D eigenvalue weighted by molar-refractivity contribution is -0.115. The van der Waals surface area contributed by atoms with Crippen LogP contribution in [-0.2, 0) is 17.6 Å². The molecule has 0 radical (unpaired) electrons. The molecule has 2 aromatic rings. The highest BCUT2D eigenvalue weighted by atomic mass is 19.1. The van der Waals surface area contributed by atoms with Crippen molar-refractivity contribution in [2.75, 3.05) is 16.8 Å². The maximum atomic E-state index is 13.5. The van der Waals surface area contributed by atoms with Gasteiger partial charge in [-0.15, -0.1) is 0 Å². The molecule has 0 aromatic heterocycles. The zero-order valence-electron chi connectivity index (χ0n) is 14.2. The largest absolute Gasteiger partial charge is 0.359 e. The number of rotatable bonds is 4. The van der Waals surface area contributed by atoms with E-state index in [9.17, 15) is 9.18 Å². The number of carbonyl (C=O) groups excluding carboxylic acids is 1. The van der Waals surface area contributed by atoms with Gasteiger partial charge >= 0.3 is 0 Å². The van der Waals surface area contributed by atoms with Crippen LogP contribution in [0, 0.1) is 5.82 Å². The van der Waals surface area contributed by atoms with Crippen LogP contribution < -0.4 is 10.2 Å². The zero-order valence-corrected chi connectivity index (χ0v) is 14.2. The topological polar surface area (TPSA) is 32.3 Å². The van der Waals surface area contributed by atoms with Crippen molar-refractivity contribution in [3.8, 4) is 0 Å². The number of aryl methyl sites for hydroxylation is 2. The molecule has 1 atom stereocenters. The average molecular weight is 326 g/mol. The molecule has 126 valence electrons. The molecule has 3 rings (SSSR count). The van der Waals surface area contributed by atoms with E-state index >= 15 is 0 Å². The molecule has 24 heavy (non-hydrogen) atoms. The van der Waals surface area contributed by atoms with Gasteiger partial charge < -0.3 is 10.2 Å². The van der Waals surface area contributed by atoms with Crippen molar-refractivity contribution in [2.24, 2.45) is 0 Å². The van der Waals surface area contributed by atoms with Gasteiger partial charge in [-0.25, -0.2) is 4.39 Å². The number of hydrogen-bond acceptors (Lipinski definition) is 2. The van der Waals surface area contributed by atoms with Gasteiger partial charge in [0.25, 0.3) is 0 Å². The first-order chi connectivity index (χ1) is 11.6. The highest BCUT2D eigenvalue weighted by Gasteiger charge is 2.25. The molecule has 0 fully saturated rings. The molecule has 1 unspecified atom stereocenters. The second kappa shape index (κ2) is 7.04. The van der Waals surface area contributed by atoms with Crippen LogP contribution in [0.25, 0.3) is 0 Å². The van der Waals surface area contributed by atoms with E-state index in [-0.39, 0.29) is 24.3 Å². The van der Waals surface area contributed by atoms with Crippen LogP contribution >= 0.6 is 0 Å². The third kappa shape index (κ3) is 3.42. The number of benzene rings is 2. The van der Waals surface area contributed by atoms with E-state index in [1.807, 2.05) is 24.3 Å². The van der Waals surface area contributed by atoms with Crippen LogP contribution in [-0.4, -0.2) is 18.5 Å². The van der Waals surface area contributed by atoms with E-state index in [0.717, 1.165) is 41.8 Å². The number of anilines is 2. The number of hydrogen-bond donors (Lipinski definition) is 1. The van der Waals surface area contributed by atoms with E-state index in [0.29, 0.717) is 0 Å². The summed E-state index contributed by atoms with van der Waals surface area (Å²) in [7, 11) is 0. The monoisotopic (exact) mass is 326 g/mol. The Hall–Kier alpha value is -2.36. The predicted octanol–water partition coefficient (Wildman–Crippen LogP) is 4.17. The molecular weight excluding hydrogens is 303 g/mol. The first kappa shape index (κ1) is 16.5. The molecule has 1 N–H and O–H groups in total.